The molecule has 1 aliphatic heterocycles. The SMILES string of the molecule is CCOc1ccc(-n2nc(C)c3c2C=C2Oc4c(C(C)=O)c(O)c(C)c(O)c4C2(C)C3=O)cc1. The maximum absolute atomic E-state index is 14.0. The average Bonchev–Trinajstić information content (AvgIpc) is 3.28. The fourth-order valence-corrected chi connectivity index (χ4v) is 4.83. The Morgan fingerprint density at radius 3 is 2.47 bits per heavy atom. The van der Waals surface area contributed by atoms with E-state index in [1.165, 1.54) is 13.8 Å². The number of aryl methyl sites for hydroxylation is 1. The summed E-state index contributed by atoms with van der Waals surface area (Å²) >= 11 is 0. The molecule has 1 unspecified atom stereocenters. The average molecular weight is 460 g/mol. The maximum Gasteiger partial charge on any atom is 0.185 e. The Hall–Kier alpha value is -4.07. The van der Waals surface area contributed by atoms with Gasteiger partial charge in [-0.05, 0) is 58.9 Å². The second-order valence-electron chi connectivity index (χ2n) is 8.71. The zero-order valence-electron chi connectivity index (χ0n) is 19.5. The van der Waals surface area contributed by atoms with Gasteiger partial charge in [0.1, 0.15) is 39.7 Å². The number of phenolic OH excluding ortho intramolecular Hbond substituents is 2. The number of carbonyl (C=O) groups excluding carboxylic acids is 2. The van der Waals surface area contributed by atoms with Crippen LogP contribution in [0.5, 0.6) is 23.0 Å². The molecule has 0 saturated heterocycles. The molecular weight excluding hydrogens is 436 g/mol. The molecule has 0 amide bonds. The van der Waals surface area contributed by atoms with Crippen LogP contribution in [0.2, 0.25) is 0 Å². The quantitative estimate of drug-likeness (QED) is 0.556. The minimum Gasteiger partial charge on any atom is -0.507 e. The Bertz CT molecular complexity index is 1430. The van der Waals surface area contributed by atoms with Gasteiger partial charge in [0.05, 0.1) is 34.8 Å². The number of aromatic nitrogens is 2. The Morgan fingerprint density at radius 1 is 1.18 bits per heavy atom. The summed E-state index contributed by atoms with van der Waals surface area (Å²) in [6.07, 6.45) is 1.71. The van der Waals surface area contributed by atoms with Gasteiger partial charge in [-0.2, -0.15) is 5.10 Å². The van der Waals surface area contributed by atoms with Crippen molar-refractivity contribution >= 4 is 17.6 Å². The number of aromatic hydroxyl groups is 2. The molecular formula is C26H24N2O6. The van der Waals surface area contributed by atoms with E-state index >= 15 is 0 Å². The molecule has 2 heterocycles. The van der Waals surface area contributed by atoms with Crippen molar-refractivity contribution in [3.8, 4) is 28.7 Å². The second-order valence-corrected chi connectivity index (χ2v) is 8.71. The number of fused-ring (bicyclic) bond motifs is 4. The molecule has 3 aromatic rings. The van der Waals surface area contributed by atoms with Crippen LogP contribution in [-0.4, -0.2) is 38.2 Å². The first-order valence-corrected chi connectivity index (χ1v) is 11.0. The normalized spacial score (nSPS) is 18.0. The molecule has 34 heavy (non-hydrogen) atoms. The minimum absolute atomic E-state index is 0.0126. The van der Waals surface area contributed by atoms with Crippen molar-refractivity contribution in [2.75, 3.05) is 6.61 Å². The van der Waals surface area contributed by atoms with Gasteiger partial charge in [-0.15, -0.1) is 0 Å². The molecule has 2 aromatic carbocycles. The summed E-state index contributed by atoms with van der Waals surface area (Å²) in [5.74, 6) is -0.355. The van der Waals surface area contributed by atoms with Crippen LogP contribution >= 0.6 is 0 Å². The Labute approximate surface area is 196 Å². The number of allylic oxidation sites excluding steroid dienone is 1. The number of benzene rings is 2. The van der Waals surface area contributed by atoms with Crippen LogP contribution in [-0.2, 0) is 5.41 Å². The van der Waals surface area contributed by atoms with Crippen molar-refractivity contribution in [1.82, 2.24) is 9.78 Å². The van der Waals surface area contributed by atoms with Crippen LogP contribution in [0, 0.1) is 13.8 Å². The van der Waals surface area contributed by atoms with Gasteiger partial charge in [0.25, 0.3) is 0 Å². The van der Waals surface area contributed by atoms with Crippen molar-refractivity contribution in [3.63, 3.8) is 0 Å². The highest BCUT2D eigenvalue weighted by atomic mass is 16.5. The van der Waals surface area contributed by atoms with E-state index in [9.17, 15) is 19.8 Å². The summed E-state index contributed by atoms with van der Waals surface area (Å²) in [7, 11) is 0. The summed E-state index contributed by atoms with van der Waals surface area (Å²) in [4.78, 5) is 26.3. The van der Waals surface area contributed by atoms with Crippen LogP contribution in [0.4, 0.5) is 0 Å². The van der Waals surface area contributed by atoms with Crippen molar-refractivity contribution in [2.45, 2.75) is 40.0 Å². The molecule has 2 aliphatic rings. The van der Waals surface area contributed by atoms with Gasteiger partial charge in [-0.3, -0.25) is 9.59 Å². The first kappa shape index (κ1) is 21.8. The lowest BCUT2D eigenvalue weighted by molar-refractivity contribution is 0.0905. The third kappa shape index (κ3) is 2.68. The van der Waals surface area contributed by atoms with Crippen molar-refractivity contribution in [2.24, 2.45) is 0 Å². The van der Waals surface area contributed by atoms with E-state index in [1.807, 2.05) is 31.2 Å². The molecule has 8 nitrogen and oxygen atoms in total. The Kier molecular flexibility index (Phi) is 4.62. The van der Waals surface area contributed by atoms with Crippen LogP contribution in [0.1, 0.15) is 64.0 Å². The van der Waals surface area contributed by atoms with E-state index in [0.717, 1.165) is 11.4 Å². The zero-order chi connectivity index (χ0) is 24.5. The lowest BCUT2D eigenvalue weighted by Gasteiger charge is -2.27. The molecule has 8 heteroatoms. The molecule has 1 aliphatic carbocycles. The van der Waals surface area contributed by atoms with Gasteiger partial charge in [-0.25, -0.2) is 4.68 Å². The fourth-order valence-electron chi connectivity index (χ4n) is 4.83. The molecule has 0 radical (unpaired) electrons. The van der Waals surface area contributed by atoms with Gasteiger partial charge >= 0.3 is 0 Å². The zero-order valence-corrected chi connectivity index (χ0v) is 19.5. The highest BCUT2D eigenvalue weighted by Crippen LogP contribution is 2.58. The van der Waals surface area contributed by atoms with Crippen molar-refractivity contribution < 1.29 is 29.3 Å². The topological polar surface area (TPSA) is 111 Å². The largest absolute Gasteiger partial charge is 0.507 e. The van der Waals surface area contributed by atoms with Gasteiger partial charge in [-0.1, -0.05) is 0 Å². The van der Waals surface area contributed by atoms with E-state index in [2.05, 4.69) is 5.10 Å². The molecule has 174 valence electrons. The summed E-state index contributed by atoms with van der Waals surface area (Å²) in [5, 5.41) is 26.1. The van der Waals surface area contributed by atoms with Gasteiger partial charge in [0.2, 0.25) is 0 Å². The van der Waals surface area contributed by atoms with Gasteiger partial charge in [0, 0.05) is 11.6 Å². The second kappa shape index (κ2) is 7.21. The molecule has 0 saturated carbocycles. The summed E-state index contributed by atoms with van der Waals surface area (Å²) in [6, 6.07) is 7.35. The number of hydrogen-bond acceptors (Lipinski definition) is 7. The van der Waals surface area contributed by atoms with Crippen LogP contribution < -0.4 is 9.47 Å². The summed E-state index contributed by atoms with van der Waals surface area (Å²) in [6.45, 7) is 8.67. The third-order valence-corrected chi connectivity index (χ3v) is 6.63. The predicted molar refractivity (Wildman–Crippen MR) is 124 cm³/mol. The number of hydrogen-bond donors (Lipinski definition) is 2. The summed E-state index contributed by atoms with van der Waals surface area (Å²) < 4.78 is 13.2. The number of nitrogens with zero attached hydrogens (tertiary/aromatic N) is 2. The molecule has 5 rings (SSSR count). The maximum atomic E-state index is 14.0. The Morgan fingerprint density at radius 2 is 1.85 bits per heavy atom. The third-order valence-electron chi connectivity index (χ3n) is 6.63. The highest BCUT2D eigenvalue weighted by molar-refractivity contribution is 6.14. The predicted octanol–water partition coefficient (Wildman–Crippen LogP) is 4.39. The standard InChI is InChI=1S/C26H24N2O6/c1-6-33-16-9-7-15(8-10-16)28-17-11-18-26(5,25(32)19(17)13(3)27-28)21-23(31)12(2)22(30)20(14(4)29)24(21)34-18/h7-11,30-31H,6H2,1-5H3. The molecule has 1 aromatic heterocycles. The highest BCUT2D eigenvalue weighted by Gasteiger charge is 2.55. The van der Waals surface area contributed by atoms with Crippen molar-refractivity contribution in [1.29, 1.82) is 0 Å². The number of ether oxygens (including phenoxy) is 2. The molecule has 2 N–H and O–H groups in total. The van der Waals surface area contributed by atoms with Gasteiger partial charge in [0.15, 0.2) is 11.6 Å². The molecule has 0 bridgehead atoms. The number of ketones is 2. The van der Waals surface area contributed by atoms with E-state index in [-0.39, 0.29) is 45.5 Å². The van der Waals surface area contributed by atoms with Crippen LogP contribution in [0.15, 0.2) is 30.0 Å². The van der Waals surface area contributed by atoms with Gasteiger partial charge < -0.3 is 19.7 Å². The Balaban J connectivity index is 1.73. The number of rotatable bonds is 4. The lowest BCUT2D eigenvalue weighted by Crippen LogP contribution is -2.36. The molecule has 0 fully saturated rings. The number of Topliss-reactive ketones (excluding diaryl/α,β-unsaturated/α-hetero) is 2. The minimum atomic E-state index is -1.37. The molecule has 1 atom stereocenters. The number of phenols is 2. The number of carbonyl (C=O) groups is 2. The smallest absolute Gasteiger partial charge is 0.185 e. The first-order chi connectivity index (χ1) is 16.1. The van der Waals surface area contributed by atoms with E-state index < -0.39 is 11.2 Å². The molecule has 0 spiro atoms. The van der Waals surface area contributed by atoms with Crippen LogP contribution in [0.3, 0.4) is 0 Å². The monoisotopic (exact) mass is 460 g/mol. The van der Waals surface area contributed by atoms with E-state index in [1.54, 1.807) is 24.6 Å². The van der Waals surface area contributed by atoms with E-state index in [0.29, 0.717) is 23.6 Å². The van der Waals surface area contributed by atoms with Crippen molar-refractivity contribution in [3.05, 3.63) is 63.7 Å². The fraction of sp³-hybridized carbons (Fsp3) is 0.269. The lowest BCUT2D eigenvalue weighted by atomic mass is 9.71. The summed E-state index contributed by atoms with van der Waals surface area (Å²) in [5.41, 5.74) is 1.09. The van der Waals surface area contributed by atoms with Crippen LogP contribution in [0.25, 0.3) is 11.8 Å². The van der Waals surface area contributed by atoms with E-state index in [4.69, 9.17) is 9.47 Å². The first-order valence-electron chi connectivity index (χ1n) is 11.0.